The summed E-state index contributed by atoms with van der Waals surface area (Å²) in [5.41, 5.74) is 12.4. The molecule has 11 aromatic carbocycles. The van der Waals surface area contributed by atoms with Gasteiger partial charge in [0.25, 0.3) is 0 Å². The van der Waals surface area contributed by atoms with E-state index in [4.69, 9.17) is 0 Å². The lowest BCUT2D eigenvalue weighted by molar-refractivity contribution is 0.771. The number of hydrogen-bond donors (Lipinski definition) is 0. The van der Waals surface area contributed by atoms with E-state index in [-0.39, 0.29) is 0 Å². The molecule has 0 heterocycles. The molecule has 1 aliphatic carbocycles. The summed E-state index contributed by atoms with van der Waals surface area (Å²) in [6.45, 7) is 0. The van der Waals surface area contributed by atoms with Gasteiger partial charge >= 0.3 is 0 Å². The number of hydrogen-bond acceptors (Lipinski definition) is 0. The van der Waals surface area contributed by atoms with Crippen molar-refractivity contribution in [3.05, 3.63) is 241 Å². The predicted molar refractivity (Wildman–Crippen MR) is 242 cm³/mol. The molecule has 0 spiro atoms. The highest BCUT2D eigenvalue weighted by atomic mass is 14.5. The van der Waals surface area contributed by atoms with Crippen LogP contribution in [0.2, 0.25) is 0 Å². The molecule has 12 rings (SSSR count). The zero-order chi connectivity index (χ0) is 37.5. The minimum atomic E-state index is -0.464. The highest BCUT2D eigenvalue weighted by Gasteiger charge is 2.45. The topological polar surface area (TPSA) is 0 Å². The summed E-state index contributed by atoms with van der Waals surface area (Å²) in [6.07, 6.45) is 0. The molecule has 0 N–H and O–H groups in total. The first-order valence-corrected chi connectivity index (χ1v) is 19.9. The fourth-order valence-corrected chi connectivity index (χ4v) is 10.4. The van der Waals surface area contributed by atoms with E-state index in [9.17, 15) is 0 Å². The third-order valence-electron chi connectivity index (χ3n) is 12.7. The average Bonchev–Trinajstić information content (AvgIpc) is 3.60. The zero-order valence-electron chi connectivity index (χ0n) is 31.3. The molecule has 0 unspecified atom stereocenters. The molecule has 264 valence electrons. The molecular formula is C57H36. The lowest BCUT2D eigenvalue weighted by Crippen LogP contribution is -2.28. The smallest absolute Gasteiger partial charge is 0.0622 e. The average molecular weight is 721 g/mol. The quantitative estimate of drug-likeness (QED) is 0.123. The van der Waals surface area contributed by atoms with Crippen LogP contribution < -0.4 is 0 Å². The Morgan fingerprint density at radius 1 is 0.263 bits per heavy atom. The first-order valence-electron chi connectivity index (χ1n) is 19.9. The van der Waals surface area contributed by atoms with Crippen LogP contribution in [0.25, 0.3) is 87.2 Å². The van der Waals surface area contributed by atoms with E-state index in [1.165, 1.54) is 109 Å². The Morgan fingerprint density at radius 3 is 1.35 bits per heavy atom. The second kappa shape index (κ2) is 12.4. The lowest BCUT2D eigenvalue weighted by Gasteiger charge is -2.34. The Balaban J connectivity index is 1.15. The van der Waals surface area contributed by atoms with Crippen molar-refractivity contribution < 1.29 is 0 Å². The van der Waals surface area contributed by atoms with E-state index in [2.05, 4.69) is 218 Å². The monoisotopic (exact) mass is 720 g/mol. The van der Waals surface area contributed by atoms with Crippen molar-refractivity contribution in [2.24, 2.45) is 0 Å². The molecular weight excluding hydrogens is 685 g/mol. The molecule has 0 aliphatic heterocycles. The molecule has 0 saturated heterocycles. The van der Waals surface area contributed by atoms with Gasteiger partial charge in [-0.25, -0.2) is 0 Å². The Hall–Kier alpha value is -7.28. The highest BCUT2D eigenvalue weighted by Crippen LogP contribution is 2.57. The van der Waals surface area contributed by atoms with Crippen LogP contribution in [0, 0.1) is 0 Å². The van der Waals surface area contributed by atoms with Gasteiger partial charge in [-0.2, -0.15) is 0 Å². The standard InChI is InChI=1S/C57H36/c1-4-17-37(18-5-1)53-46-26-12-14-28-48(46)56(49-29-15-13-27-47(49)53)50-34-33-43(44-24-10-11-25-45(44)50)40-35-39-32-31-38-19-16-30-51-54(38)55(39)52(36-40)57(51,41-20-6-2-7-21-41)42-22-8-3-9-23-42/h1-36H. The Bertz CT molecular complexity index is 3280. The van der Waals surface area contributed by atoms with E-state index in [1.54, 1.807) is 0 Å². The maximum Gasteiger partial charge on any atom is 0.0714 e. The molecule has 0 saturated carbocycles. The second-order valence-electron chi connectivity index (χ2n) is 15.5. The van der Waals surface area contributed by atoms with Gasteiger partial charge in [0.1, 0.15) is 0 Å². The SMILES string of the molecule is c1ccc(-c2c3ccccc3c(-c3ccc(-c4cc5c6c(ccc7cccc(c76)C5(c5ccccc5)c5ccccc5)c4)c4ccccc34)c3ccccc23)cc1. The van der Waals surface area contributed by atoms with Crippen molar-refractivity contribution in [2.45, 2.75) is 5.41 Å². The van der Waals surface area contributed by atoms with Crippen molar-refractivity contribution >= 4 is 53.9 Å². The minimum absolute atomic E-state index is 0.464. The van der Waals surface area contributed by atoms with Gasteiger partial charge < -0.3 is 0 Å². The van der Waals surface area contributed by atoms with Crippen molar-refractivity contribution in [1.82, 2.24) is 0 Å². The summed E-state index contributed by atoms with van der Waals surface area (Å²) in [6, 6.07) is 81.4. The summed E-state index contributed by atoms with van der Waals surface area (Å²) in [4.78, 5) is 0. The van der Waals surface area contributed by atoms with Crippen LogP contribution in [0.3, 0.4) is 0 Å². The summed E-state index contributed by atoms with van der Waals surface area (Å²) >= 11 is 0. The van der Waals surface area contributed by atoms with E-state index < -0.39 is 5.41 Å². The largest absolute Gasteiger partial charge is 0.0714 e. The molecule has 0 atom stereocenters. The van der Waals surface area contributed by atoms with Gasteiger partial charge in [0.05, 0.1) is 5.41 Å². The number of rotatable bonds is 5. The van der Waals surface area contributed by atoms with Crippen molar-refractivity contribution in [3.63, 3.8) is 0 Å². The molecule has 0 nitrogen and oxygen atoms in total. The maximum atomic E-state index is 2.52. The summed E-state index contributed by atoms with van der Waals surface area (Å²) in [5.74, 6) is 0. The van der Waals surface area contributed by atoms with Gasteiger partial charge in [0.15, 0.2) is 0 Å². The number of fused-ring (bicyclic) bond motifs is 3. The van der Waals surface area contributed by atoms with Gasteiger partial charge in [-0.1, -0.05) is 206 Å². The minimum Gasteiger partial charge on any atom is -0.0622 e. The molecule has 0 bridgehead atoms. The van der Waals surface area contributed by atoms with Crippen LogP contribution >= 0.6 is 0 Å². The summed E-state index contributed by atoms with van der Waals surface area (Å²) in [7, 11) is 0. The van der Waals surface area contributed by atoms with Crippen LogP contribution in [0.15, 0.2) is 218 Å². The molecule has 11 aromatic rings. The molecule has 1 aliphatic rings. The Morgan fingerprint density at radius 2 is 0.737 bits per heavy atom. The molecule has 0 aromatic heterocycles. The van der Waals surface area contributed by atoms with Gasteiger partial charge in [-0.05, 0) is 122 Å². The van der Waals surface area contributed by atoms with Gasteiger partial charge in [-0.15, -0.1) is 0 Å². The molecule has 0 heteroatoms. The summed E-state index contributed by atoms with van der Waals surface area (Å²) in [5, 5.41) is 12.9. The summed E-state index contributed by atoms with van der Waals surface area (Å²) < 4.78 is 0. The normalized spacial score (nSPS) is 13.1. The van der Waals surface area contributed by atoms with Gasteiger partial charge in [0, 0.05) is 0 Å². The third-order valence-corrected chi connectivity index (χ3v) is 12.7. The van der Waals surface area contributed by atoms with Crippen LogP contribution in [0.1, 0.15) is 22.3 Å². The van der Waals surface area contributed by atoms with Crippen LogP contribution in [0.5, 0.6) is 0 Å². The van der Waals surface area contributed by atoms with Crippen LogP contribution in [-0.2, 0) is 5.41 Å². The van der Waals surface area contributed by atoms with Crippen molar-refractivity contribution in [3.8, 4) is 33.4 Å². The molecule has 0 amide bonds. The van der Waals surface area contributed by atoms with E-state index in [1.807, 2.05) is 0 Å². The maximum absolute atomic E-state index is 2.52. The fraction of sp³-hybridized carbons (Fsp3) is 0.0175. The van der Waals surface area contributed by atoms with Gasteiger partial charge in [-0.3, -0.25) is 0 Å². The number of benzene rings is 11. The Labute approximate surface area is 331 Å². The fourth-order valence-electron chi connectivity index (χ4n) is 10.4. The second-order valence-corrected chi connectivity index (χ2v) is 15.5. The molecule has 57 heavy (non-hydrogen) atoms. The van der Waals surface area contributed by atoms with E-state index in [0.29, 0.717) is 0 Å². The predicted octanol–water partition coefficient (Wildman–Crippen LogP) is 15.1. The molecule has 0 radical (unpaired) electrons. The van der Waals surface area contributed by atoms with Crippen LogP contribution in [0.4, 0.5) is 0 Å². The highest BCUT2D eigenvalue weighted by molar-refractivity contribution is 6.24. The third kappa shape index (κ3) is 4.50. The van der Waals surface area contributed by atoms with Gasteiger partial charge in [0.2, 0.25) is 0 Å². The Kier molecular flexibility index (Phi) is 6.94. The van der Waals surface area contributed by atoms with E-state index in [0.717, 1.165) is 0 Å². The van der Waals surface area contributed by atoms with Crippen molar-refractivity contribution in [1.29, 1.82) is 0 Å². The first-order chi connectivity index (χ1) is 28.3. The zero-order valence-corrected chi connectivity index (χ0v) is 31.3. The van der Waals surface area contributed by atoms with Crippen molar-refractivity contribution in [2.75, 3.05) is 0 Å². The van der Waals surface area contributed by atoms with Crippen LogP contribution in [-0.4, -0.2) is 0 Å². The van der Waals surface area contributed by atoms with E-state index >= 15 is 0 Å². The lowest BCUT2D eigenvalue weighted by atomic mass is 9.67. The first kappa shape index (κ1) is 32.0. The molecule has 0 fully saturated rings.